The number of benzene rings is 1. The maximum atomic E-state index is 11.9. The number of rotatable bonds is 7. The molecule has 0 aliphatic carbocycles. The fourth-order valence-electron chi connectivity index (χ4n) is 1.89. The predicted octanol–water partition coefficient (Wildman–Crippen LogP) is 1.74. The van der Waals surface area contributed by atoms with E-state index in [1.165, 1.54) is 0 Å². The maximum absolute atomic E-state index is 11.9. The molecule has 19 heavy (non-hydrogen) atoms. The van der Waals surface area contributed by atoms with Gasteiger partial charge in [0.15, 0.2) is 0 Å². The van der Waals surface area contributed by atoms with Crippen LogP contribution in [-0.4, -0.2) is 11.9 Å². The molecule has 0 aromatic heterocycles. The number of carbonyl (C=O) groups excluding carboxylic acids is 1. The average molecular weight is 261 g/mol. The fourth-order valence-corrected chi connectivity index (χ4v) is 1.89. The number of hydrogen-bond donors (Lipinski definition) is 3. The van der Waals surface area contributed by atoms with Crippen LogP contribution in [0, 0.1) is 5.92 Å². The standard InChI is InChI=1S/C15H23N3O/c1-11(2)15(12(3)18-16)17-14(19)10-9-13-7-5-4-6-8-13/h4-8,11,15,18H,3,9-10,16H2,1-2H3,(H,17,19). The van der Waals surface area contributed by atoms with E-state index in [1.807, 2.05) is 44.2 Å². The molecule has 0 radical (unpaired) electrons. The van der Waals surface area contributed by atoms with Crippen molar-refractivity contribution in [3.05, 3.63) is 48.2 Å². The molecule has 0 aliphatic heterocycles. The first-order chi connectivity index (χ1) is 9.04. The summed E-state index contributed by atoms with van der Waals surface area (Å²) >= 11 is 0. The molecule has 0 aliphatic rings. The van der Waals surface area contributed by atoms with Gasteiger partial charge in [-0.25, -0.2) is 0 Å². The summed E-state index contributed by atoms with van der Waals surface area (Å²) in [6.07, 6.45) is 1.20. The summed E-state index contributed by atoms with van der Waals surface area (Å²) < 4.78 is 0. The van der Waals surface area contributed by atoms with Crippen LogP contribution in [0.1, 0.15) is 25.8 Å². The van der Waals surface area contributed by atoms with Gasteiger partial charge in [0, 0.05) is 12.1 Å². The Morgan fingerprint density at radius 2 is 1.95 bits per heavy atom. The summed E-state index contributed by atoms with van der Waals surface area (Å²) in [7, 11) is 0. The zero-order chi connectivity index (χ0) is 14.3. The van der Waals surface area contributed by atoms with E-state index in [-0.39, 0.29) is 17.9 Å². The number of amides is 1. The fraction of sp³-hybridized carbons (Fsp3) is 0.400. The Morgan fingerprint density at radius 1 is 1.32 bits per heavy atom. The van der Waals surface area contributed by atoms with Crippen molar-refractivity contribution in [2.75, 3.05) is 0 Å². The van der Waals surface area contributed by atoms with Crippen molar-refractivity contribution in [2.24, 2.45) is 11.8 Å². The summed E-state index contributed by atoms with van der Waals surface area (Å²) in [5, 5.41) is 2.96. The number of nitrogens with one attached hydrogen (secondary N) is 2. The number of carbonyl (C=O) groups is 1. The van der Waals surface area contributed by atoms with Crippen LogP contribution >= 0.6 is 0 Å². The first kappa shape index (κ1) is 15.2. The first-order valence-corrected chi connectivity index (χ1v) is 6.53. The Kier molecular flexibility index (Phi) is 6.09. The monoisotopic (exact) mass is 261 g/mol. The van der Waals surface area contributed by atoms with E-state index in [4.69, 9.17) is 5.84 Å². The maximum Gasteiger partial charge on any atom is 0.220 e. The van der Waals surface area contributed by atoms with Gasteiger partial charge in [-0.1, -0.05) is 50.8 Å². The summed E-state index contributed by atoms with van der Waals surface area (Å²) in [4.78, 5) is 11.9. The molecule has 0 fully saturated rings. The summed E-state index contributed by atoms with van der Waals surface area (Å²) in [5.74, 6) is 5.60. The van der Waals surface area contributed by atoms with E-state index < -0.39 is 0 Å². The highest BCUT2D eigenvalue weighted by atomic mass is 16.1. The summed E-state index contributed by atoms with van der Waals surface area (Å²) in [5.41, 5.74) is 4.31. The number of hydrazine groups is 1. The van der Waals surface area contributed by atoms with Crippen molar-refractivity contribution in [2.45, 2.75) is 32.7 Å². The minimum atomic E-state index is -0.145. The molecular formula is C15H23N3O. The molecule has 1 amide bonds. The second-order valence-corrected chi connectivity index (χ2v) is 4.94. The quantitative estimate of drug-likeness (QED) is 0.517. The molecule has 0 saturated heterocycles. The number of nitrogens with two attached hydrogens (primary N) is 1. The van der Waals surface area contributed by atoms with Gasteiger partial charge in [-0.15, -0.1) is 0 Å². The molecular weight excluding hydrogens is 238 g/mol. The molecule has 4 nitrogen and oxygen atoms in total. The zero-order valence-corrected chi connectivity index (χ0v) is 11.6. The molecule has 4 N–H and O–H groups in total. The third-order valence-electron chi connectivity index (χ3n) is 3.03. The average Bonchev–Trinajstić information content (AvgIpc) is 2.42. The third-order valence-corrected chi connectivity index (χ3v) is 3.03. The smallest absolute Gasteiger partial charge is 0.220 e. The van der Waals surface area contributed by atoms with E-state index in [0.29, 0.717) is 12.1 Å². The van der Waals surface area contributed by atoms with Gasteiger partial charge in [0.05, 0.1) is 6.04 Å². The van der Waals surface area contributed by atoms with Crippen LogP contribution in [0.3, 0.4) is 0 Å². The minimum Gasteiger partial charge on any atom is -0.348 e. The molecule has 4 heteroatoms. The van der Waals surface area contributed by atoms with Gasteiger partial charge in [-0.3, -0.25) is 10.6 Å². The van der Waals surface area contributed by atoms with Gasteiger partial charge in [0.1, 0.15) is 0 Å². The zero-order valence-electron chi connectivity index (χ0n) is 11.6. The van der Waals surface area contributed by atoms with Crippen LogP contribution in [0.4, 0.5) is 0 Å². The van der Waals surface area contributed by atoms with Crippen LogP contribution in [0.2, 0.25) is 0 Å². The minimum absolute atomic E-state index is 0.0129. The van der Waals surface area contributed by atoms with Crippen molar-refractivity contribution in [3.63, 3.8) is 0 Å². The molecule has 1 rings (SSSR count). The lowest BCUT2D eigenvalue weighted by Gasteiger charge is -2.24. The molecule has 1 unspecified atom stereocenters. The van der Waals surface area contributed by atoms with E-state index >= 15 is 0 Å². The summed E-state index contributed by atoms with van der Waals surface area (Å²) in [6.45, 7) is 7.85. The molecule has 1 atom stereocenters. The van der Waals surface area contributed by atoms with Gasteiger partial charge in [0.2, 0.25) is 5.91 Å². The molecule has 0 heterocycles. The summed E-state index contributed by atoms with van der Waals surface area (Å²) in [6, 6.07) is 9.82. The van der Waals surface area contributed by atoms with Gasteiger partial charge < -0.3 is 10.7 Å². The number of aryl methyl sites for hydroxylation is 1. The van der Waals surface area contributed by atoms with E-state index in [1.54, 1.807) is 0 Å². The molecule has 0 bridgehead atoms. The van der Waals surface area contributed by atoms with E-state index in [9.17, 15) is 4.79 Å². The second kappa shape index (κ2) is 7.59. The normalized spacial score (nSPS) is 12.0. The molecule has 0 saturated carbocycles. The van der Waals surface area contributed by atoms with Crippen LogP contribution in [0.5, 0.6) is 0 Å². The third kappa shape index (κ3) is 5.14. The molecule has 0 spiro atoms. The molecule has 1 aromatic carbocycles. The van der Waals surface area contributed by atoms with Crippen molar-refractivity contribution in [1.82, 2.24) is 10.7 Å². The van der Waals surface area contributed by atoms with Crippen LogP contribution < -0.4 is 16.6 Å². The van der Waals surface area contributed by atoms with Gasteiger partial charge in [-0.05, 0) is 17.9 Å². The molecule has 1 aromatic rings. The van der Waals surface area contributed by atoms with Crippen molar-refractivity contribution < 1.29 is 4.79 Å². The van der Waals surface area contributed by atoms with Crippen LogP contribution in [0.25, 0.3) is 0 Å². The lowest BCUT2D eigenvalue weighted by molar-refractivity contribution is -0.121. The highest BCUT2D eigenvalue weighted by Gasteiger charge is 2.18. The lowest BCUT2D eigenvalue weighted by atomic mass is 10.0. The Balaban J connectivity index is 2.47. The second-order valence-electron chi connectivity index (χ2n) is 4.94. The predicted molar refractivity (Wildman–Crippen MR) is 78.0 cm³/mol. The SMILES string of the molecule is C=C(NN)C(NC(=O)CCc1ccccc1)C(C)C. The van der Waals surface area contributed by atoms with Crippen LogP contribution in [0.15, 0.2) is 42.6 Å². The Labute approximate surface area is 115 Å². The Morgan fingerprint density at radius 3 is 2.47 bits per heavy atom. The highest BCUT2D eigenvalue weighted by Crippen LogP contribution is 2.09. The van der Waals surface area contributed by atoms with Gasteiger partial charge >= 0.3 is 0 Å². The lowest BCUT2D eigenvalue weighted by Crippen LogP contribution is -2.44. The largest absolute Gasteiger partial charge is 0.348 e. The van der Waals surface area contributed by atoms with Crippen molar-refractivity contribution in [3.8, 4) is 0 Å². The van der Waals surface area contributed by atoms with Crippen LogP contribution in [-0.2, 0) is 11.2 Å². The highest BCUT2D eigenvalue weighted by molar-refractivity contribution is 5.76. The Hall–Kier alpha value is -1.81. The van der Waals surface area contributed by atoms with Gasteiger partial charge in [0.25, 0.3) is 0 Å². The van der Waals surface area contributed by atoms with Gasteiger partial charge in [-0.2, -0.15) is 0 Å². The van der Waals surface area contributed by atoms with E-state index in [0.717, 1.165) is 12.0 Å². The Bertz CT molecular complexity index is 415. The molecule has 104 valence electrons. The van der Waals surface area contributed by atoms with Crippen molar-refractivity contribution in [1.29, 1.82) is 0 Å². The van der Waals surface area contributed by atoms with Crippen molar-refractivity contribution >= 4 is 5.91 Å². The topological polar surface area (TPSA) is 67.2 Å². The number of hydrogen-bond acceptors (Lipinski definition) is 3. The first-order valence-electron chi connectivity index (χ1n) is 6.53. The van der Waals surface area contributed by atoms with E-state index in [2.05, 4.69) is 17.3 Å².